The van der Waals surface area contributed by atoms with Crippen LogP contribution in [0.4, 0.5) is 15.9 Å². The normalized spacial score (nSPS) is 12.9. The Kier molecular flexibility index (Phi) is 9.71. The van der Waals surface area contributed by atoms with E-state index in [1.54, 1.807) is 0 Å². The zero-order valence-corrected chi connectivity index (χ0v) is 19.9. The van der Waals surface area contributed by atoms with Crippen LogP contribution in [-0.4, -0.2) is 65.5 Å². The summed E-state index contributed by atoms with van der Waals surface area (Å²) in [4.78, 5) is 33.0. The minimum Gasteiger partial charge on any atom is -0.403 e. The van der Waals surface area contributed by atoms with Gasteiger partial charge in [0.15, 0.2) is 11.6 Å². The van der Waals surface area contributed by atoms with Gasteiger partial charge in [-0.25, -0.2) is 15.2 Å². The highest BCUT2D eigenvalue weighted by Crippen LogP contribution is 2.33. The molecule has 3 rings (SSSR count). The smallest absolute Gasteiger partial charge is 0.295 e. The molecule has 1 amide bonds. The first-order valence-electron chi connectivity index (χ1n) is 10.8. The van der Waals surface area contributed by atoms with Gasteiger partial charge in [0.25, 0.3) is 11.7 Å². The lowest BCUT2D eigenvalue weighted by atomic mass is 10.0. The van der Waals surface area contributed by atoms with Crippen molar-refractivity contribution in [3.63, 3.8) is 0 Å². The lowest BCUT2D eigenvalue weighted by Crippen LogP contribution is -2.52. The van der Waals surface area contributed by atoms with E-state index in [0.717, 1.165) is 16.8 Å². The monoisotopic (exact) mass is 492 g/mol. The van der Waals surface area contributed by atoms with Gasteiger partial charge in [-0.1, -0.05) is 36.9 Å². The van der Waals surface area contributed by atoms with Gasteiger partial charge in [-0.3, -0.25) is 20.0 Å². The van der Waals surface area contributed by atoms with Crippen LogP contribution in [0, 0.1) is 24.1 Å². The number of benzene rings is 1. The number of rotatable bonds is 7. The van der Waals surface area contributed by atoms with E-state index in [2.05, 4.69) is 29.7 Å². The second-order valence-electron chi connectivity index (χ2n) is 7.48. The summed E-state index contributed by atoms with van der Waals surface area (Å²) in [6.45, 7) is 4.96. The number of aromatic nitrogens is 1. The predicted molar refractivity (Wildman–Crippen MR) is 139 cm³/mol. The average molecular weight is 493 g/mol. The van der Waals surface area contributed by atoms with Crippen molar-refractivity contribution in [3.8, 4) is 12.8 Å². The number of hydrogen-bond acceptors (Lipinski definition) is 8. The molecule has 10 nitrogen and oxygen atoms in total. The molecular formula is C25H29FN8O2. The number of halogens is 1. The van der Waals surface area contributed by atoms with E-state index in [0.29, 0.717) is 18.9 Å². The number of anilines is 2. The number of terminal acetylenes is 1. The molecule has 11 heteroatoms. The number of nitrogens with zero attached hydrogens (tertiary/aromatic N) is 4. The van der Waals surface area contributed by atoms with Crippen LogP contribution in [0.15, 0.2) is 55.5 Å². The minimum atomic E-state index is -0.933. The molecule has 0 aliphatic carbocycles. The predicted octanol–water partition coefficient (Wildman–Crippen LogP) is 1.37. The SMILES string of the molecule is C#C.C=C(C(=O)C(=O)N1CCN(C(=N)c2ccccc2)CC1)c1c(F)cnc(N(N)/C=C\N)c1NC. The number of nitrogens with two attached hydrogens (primary N) is 2. The van der Waals surface area contributed by atoms with Gasteiger partial charge in [-0.2, -0.15) is 0 Å². The molecular weight excluding hydrogens is 463 g/mol. The molecule has 0 radical (unpaired) electrons. The quantitative estimate of drug-likeness (QED) is 0.0863. The first-order chi connectivity index (χ1) is 17.3. The maximum absolute atomic E-state index is 14.7. The van der Waals surface area contributed by atoms with Crippen LogP contribution in [0.5, 0.6) is 0 Å². The Balaban J connectivity index is 0.00000222. The van der Waals surface area contributed by atoms with Crippen molar-refractivity contribution in [2.75, 3.05) is 43.6 Å². The van der Waals surface area contributed by atoms with E-state index in [-0.39, 0.29) is 35.7 Å². The van der Waals surface area contributed by atoms with Gasteiger partial charge >= 0.3 is 0 Å². The number of carbonyl (C=O) groups excluding carboxylic acids is 2. The molecule has 0 atom stereocenters. The highest BCUT2D eigenvalue weighted by atomic mass is 19.1. The molecule has 0 spiro atoms. The fraction of sp³-hybridized carbons (Fsp3) is 0.200. The summed E-state index contributed by atoms with van der Waals surface area (Å²) < 4.78 is 14.7. The molecule has 1 aromatic carbocycles. The number of carbonyl (C=O) groups is 2. The van der Waals surface area contributed by atoms with Crippen molar-refractivity contribution in [3.05, 3.63) is 72.5 Å². The summed E-state index contributed by atoms with van der Waals surface area (Å²) in [5.74, 6) is 3.76. The number of pyridine rings is 1. The summed E-state index contributed by atoms with van der Waals surface area (Å²) in [5.41, 5.74) is 5.70. The van der Waals surface area contributed by atoms with Gasteiger partial charge < -0.3 is 20.9 Å². The summed E-state index contributed by atoms with van der Waals surface area (Å²) in [6.07, 6.45) is 11.4. The average Bonchev–Trinajstić information content (AvgIpc) is 2.92. The Morgan fingerprint density at radius 2 is 1.78 bits per heavy atom. The van der Waals surface area contributed by atoms with Crippen LogP contribution in [-0.2, 0) is 9.59 Å². The largest absolute Gasteiger partial charge is 0.403 e. The number of hydrazine groups is 1. The van der Waals surface area contributed by atoms with Crippen molar-refractivity contribution in [2.24, 2.45) is 11.6 Å². The third kappa shape index (κ3) is 5.86. The fourth-order valence-corrected chi connectivity index (χ4v) is 3.67. The van der Waals surface area contributed by atoms with Crippen LogP contribution in [0.3, 0.4) is 0 Å². The minimum absolute atomic E-state index is 0.0906. The van der Waals surface area contributed by atoms with Crippen LogP contribution in [0.25, 0.3) is 5.57 Å². The number of nitrogens with one attached hydrogen (secondary N) is 2. The van der Waals surface area contributed by atoms with E-state index < -0.39 is 17.5 Å². The van der Waals surface area contributed by atoms with Gasteiger partial charge in [0, 0.05) is 62.3 Å². The van der Waals surface area contributed by atoms with Gasteiger partial charge in [0.1, 0.15) is 5.84 Å². The molecule has 2 aromatic rings. The van der Waals surface area contributed by atoms with Gasteiger partial charge in [0.05, 0.1) is 11.9 Å². The third-order valence-corrected chi connectivity index (χ3v) is 5.45. The number of Topliss-reactive ketones (excluding diaryl/α,β-unsaturated/α-hetero) is 1. The van der Waals surface area contributed by atoms with E-state index in [4.69, 9.17) is 17.0 Å². The molecule has 2 heterocycles. The maximum atomic E-state index is 14.7. The zero-order valence-electron chi connectivity index (χ0n) is 19.9. The molecule has 1 aliphatic heterocycles. The number of hydrogen-bond donors (Lipinski definition) is 4. The van der Waals surface area contributed by atoms with Gasteiger partial charge in [0.2, 0.25) is 0 Å². The highest BCUT2D eigenvalue weighted by molar-refractivity contribution is 6.53. The van der Waals surface area contributed by atoms with Crippen LogP contribution in [0.2, 0.25) is 0 Å². The lowest BCUT2D eigenvalue weighted by Gasteiger charge is -2.36. The number of piperazine rings is 1. The van der Waals surface area contributed by atoms with E-state index in [1.165, 1.54) is 24.3 Å². The summed E-state index contributed by atoms with van der Waals surface area (Å²) >= 11 is 0. The second-order valence-corrected chi connectivity index (χ2v) is 7.48. The van der Waals surface area contributed by atoms with E-state index in [1.807, 2.05) is 35.2 Å². The maximum Gasteiger partial charge on any atom is 0.295 e. The van der Waals surface area contributed by atoms with Gasteiger partial charge in [-0.05, 0) is 0 Å². The standard InChI is InChI=1S/C23H27FN8O2.C2H2/c1-15(18-17(24)14-29-22(19(18)28-2)32(27)9-8-25)20(33)23(34)31-12-10-30(11-13-31)21(26)16-6-4-3-5-7-16;1-2/h3-9,14,26,28H,1,10-13,25,27H2,2H3;1-2H/b9-8-,26-21?;. The van der Waals surface area contributed by atoms with Crippen molar-refractivity contribution >= 4 is 34.6 Å². The molecule has 36 heavy (non-hydrogen) atoms. The molecule has 188 valence electrons. The zero-order chi connectivity index (χ0) is 26.8. The van der Waals surface area contributed by atoms with Crippen LogP contribution in [0.1, 0.15) is 11.1 Å². The Bertz CT molecular complexity index is 1170. The van der Waals surface area contributed by atoms with E-state index in [9.17, 15) is 14.0 Å². The summed E-state index contributed by atoms with van der Waals surface area (Å²) in [5, 5.41) is 12.2. The highest BCUT2D eigenvalue weighted by Gasteiger charge is 2.31. The first kappa shape index (κ1) is 27.6. The molecule has 6 N–H and O–H groups in total. The Morgan fingerprint density at radius 3 is 2.33 bits per heavy atom. The summed E-state index contributed by atoms with van der Waals surface area (Å²) in [6, 6.07) is 9.27. The molecule has 0 unspecified atom stereocenters. The van der Waals surface area contributed by atoms with Crippen molar-refractivity contribution in [1.29, 1.82) is 5.41 Å². The van der Waals surface area contributed by atoms with Crippen LogP contribution < -0.4 is 21.9 Å². The van der Waals surface area contributed by atoms with Crippen molar-refractivity contribution in [2.45, 2.75) is 0 Å². The molecule has 0 saturated carbocycles. The number of amides is 1. The van der Waals surface area contributed by atoms with E-state index >= 15 is 0 Å². The Morgan fingerprint density at radius 1 is 1.19 bits per heavy atom. The topological polar surface area (TPSA) is 145 Å². The molecule has 1 aliphatic rings. The number of amidine groups is 1. The van der Waals surface area contributed by atoms with Crippen molar-refractivity contribution < 1.29 is 14.0 Å². The Hall–Kier alpha value is -4.69. The van der Waals surface area contributed by atoms with Crippen molar-refractivity contribution in [1.82, 2.24) is 14.8 Å². The Labute approximate surface area is 209 Å². The van der Waals surface area contributed by atoms with Gasteiger partial charge in [-0.15, -0.1) is 12.8 Å². The molecule has 1 aromatic heterocycles. The first-order valence-corrected chi connectivity index (χ1v) is 10.8. The second kappa shape index (κ2) is 12.7. The van der Waals surface area contributed by atoms with Crippen LogP contribution >= 0.6 is 0 Å². The third-order valence-electron chi connectivity index (χ3n) is 5.45. The molecule has 0 bridgehead atoms. The fourth-order valence-electron chi connectivity index (χ4n) is 3.67. The number of ketones is 1. The molecule has 1 fully saturated rings. The molecule has 1 saturated heterocycles. The lowest BCUT2D eigenvalue weighted by molar-refractivity contribution is -0.142. The summed E-state index contributed by atoms with van der Waals surface area (Å²) in [7, 11) is 1.50.